The monoisotopic (exact) mass is 295 g/mol. The fourth-order valence-electron chi connectivity index (χ4n) is 2.11. The van der Waals surface area contributed by atoms with Crippen molar-refractivity contribution in [2.75, 3.05) is 0 Å². The second-order valence-corrected chi connectivity index (χ2v) is 6.93. The van der Waals surface area contributed by atoms with E-state index in [-0.39, 0.29) is 18.3 Å². The Kier molecular flexibility index (Phi) is 4.21. The summed E-state index contributed by atoms with van der Waals surface area (Å²) < 4.78 is 12.1. The molecule has 1 aliphatic heterocycles. The summed E-state index contributed by atoms with van der Waals surface area (Å²) in [6.45, 7) is 12.5. The third-order valence-corrected chi connectivity index (χ3v) is 4.67. The van der Waals surface area contributed by atoms with Crippen molar-refractivity contribution in [2.24, 2.45) is 0 Å². The molecule has 0 amide bonds. The first-order valence-corrected chi connectivity index (χ1v) is 7.57. The van der Waals surface area contributed by atoms with E-state index in [1.165, 1.54) is 0 Å². The van der Waals surface area contributed by atoms with Gasteiger partial charge in [-0.25, -0.2) is 4.98 Å². The van der Waals surface area contributed by atoms with Gasteiger partial charge in [0.25, 0.3) is 0 Å². The fourth-order valence-corrected chi connectivity index (χ4v) is 2.34. The van der Waals surface area contributed by atoms with E-state index in [1.807, 2.05) is 39.8 Å². The molecule has 1 atom stereocenters. The van der Waals surface area contributed by atoms with Crippen LogP contribution in [-0.2, 0) is 9.31 Å². The summed E-state index contributed by atoms with van der Waals surface area (Å²) >= 11 is 6.15. The zero-order valence-electron chi connectivity index (χ0n) is 13.2. The van der Waals surface area contributed by atoms with Crippen molar-refractivity contribution in [3.05, 3.63) is 23.0 Å². The molecule has 0 bridgehead atoms. The summed E-state index contributed by atoms with van der Waals surface area (Å²) in [5.74, 6) is 0.370. The number of halogens is 1. The minimum Gasteiger partial charge on any atom is -0.399 e. The Bertz CT molecular complexity index is 489. The molecule has 1 aromatic heterocycles. The smallest absolute Gasteiger partial charge is 0.399 e. The van der Waals surface area contributed by atoms with Crippen molar-refractivity contribution < 1.29 is 9.31 Å². The van der Waals surface area contributed by atoms with E-state index < -0.39 is 0 Å². The lowest BCUT2D eigenvalue weighted by molar-refractivity contribution is 0.00578. The van der Waals surface area contributed by atoms with Crippen LogP contribution in [0.3, 0.4) is 0 Å². The highest BCUT2D eigenvalue weighted by atomic mass is 35.5. The Hall–Kier alpha value is -0.575. The quantitative estimate of drug-likeness (QED) is 0.631. The lowest BCUT2D eigenvalue weighted by Gasteiger charge is -2.32. The van der Waals surface area contributed by atoms with Gasteiger partial charge in [-0.05, 0) is 57.6 Å². The maximum absolute atomic E-state index is 6.15. The van der Waals surface area contributed by atoms with Crippen LogP contribution in [0.2, 0.25) is 5.15 Å². The van der Waals surface area contributed by atoms with Crippen LogP contribution in [0.1, 0.15) is 59.6 Å². The first kappa shape index (κ1) is 15.8. The van der Waals surface area contributed by atoms with Crippen molar-refractivity contribution >= 4 is 24.2 Å². The third kappa shape index (κ3) is 2.88. The van der Waals surface area contributed by atoms with E-state index in [0.717, 1.165) is 17.6 Å². The zero-order valence-corrected chi connectivity index (χ0v) is 13.9. The minimum absolute atomic E-state index is 0.343. The van der Waals surface area contributed by atoms with E-state index in [4.69, 9.17) is 20.9 Å². The molecule has 2 heterocycles. The SMILES string of the molecule is CCC(C)c1cc(B2OC(C)(C)C(C)(C)O2)cc(Cl)n1. The Morgan fingerprint density at radius 2 is 1.75 bits per heavy atom. The van der Waals surface area contributed by atoms with Gasteiger partial charge in [0.1, 0.15) is 5.15 Å². The number of hydrogen-bond acceptors (Lipinski definition) is 3. The van der Waals surface area contributed by atoms with Crippen molar-refractivity contribution in [3.8, 4) is 0 Å². The van der Waals surface area contributed by atoms with E-state index in [0.29, 0.717) is 11.1 Å². The van der Waals surface area contributed by atoms with Crippen LogP contribution in [0, 0.1) is 0 Å². The molecule has 20 heavy (non-hydrogen) atoms. The molecule has 3 nitrogen and oxygen atoms in total. The summed E-state index contributed by atoms with van der Waals surface area (Å²) in [5, 5.41) is 0.493. The summed E-state index contributed by atoms with van der Waals surface area (Å²) in [4.78, 5) is 4.40. The van der Waals surface area contributed by atoms with E-state index in [1.54, 1.807) is 0 Å². The Labute approximate surface area is 127 Å². The number of nitrogens with zero attached hydrogens (tertiary/aromatic N) is 1. The fraction of sp³-hybridized carbons (Fsp3) is 0.667. The largest absolute Gasteiger partial charge is 0.495 e. The summed E-state index contributed by atoms with van der Waals surface area (Å²) in [7, 11) is -0.386. The normalized spacial score (nSPS) is 22.1. The van der Waals surface area contributed by atoms with Gasteiger partial charge in [-0.15, -0.1) is 0 Å². The van der Waals surface area contributed by atoms with Gasteiger partial charge in [-0.3, -0.25) is 0 Å². The molecule has 110 valence electrons. The lowest BCUT2D eigenvalue weighted by Crippen LogP contribution is -2.41. The van der Waals surface area contributed by atoms with Crippen LogP contribution in [0.15, 0.2) is 12.1 Å². The maximum atomic E-state index is 6.15. The molecule has 2 rings (SSSR count). The molecular formula is C15H23BClNO2. The first-order valence-electron chi connectivity index (χ1n) is 7.19. The zero-order chi connectivity index (χ0) is 15.1. The first-order chi connectivity index (χ1) is 9.16. The molecule has 5 heteroatoms. The van der Waals surface area contributed by atoms with Crippen LogP contribution in [0.4, 0.5) is 0 Å². The topological polar surface area (TPSA) is 31.4 Å². The standard InChI is InChI=1S/C15H23BClNO2/c1-7-10(2)12-8-11(9-13(17)18-12)16-19-14(3,4)15(5,6)20-16/h8-10H,7H2,1-6H3. The molecule has 0 aliphatic carbocycles. The Morgan fingerprint density at radius 3 is 2.25 bits per heavy atom. The molecule has 0 radical (unpaired) electrons. The predicted molar refractivity (Wildman–Crippen MR) is 83.7 cm³/mol. The molecule has 1 aliphatic rings. The number of aromatic nitrogens is 1. The molecule has 1 aromatic rings. The van der Waals surface area contributed by atoms with Crippen LogP contribution >= 0.6 is 11.6 Å². The van der Waals surface area contributed by atoms with Crippen LogP contribution in [0.5, 0.6) is 0 Å². The summed E-state index contributed by atoms with van der Waals surface area (Å²) in [6.07, 6.45) is 1.02. The van der Waals surface area contributed by atoms with E-state index in [2.05, 4.69) is 18.8 Å². The van der Waals surface area contributed by atoms with Gasteiger partial charge in [0, 0.05) is 5.69 Å². The molecule has 1 saturated heterocycles. The molecule has 1 fully saturated rings. The third-order valence-electron chi connectivity index (χ3n) is 4.48. The molecule has 0 aromatic carbocycles. The summed E-state index contributed by atoms with van der Waals surface area (Å²) in [6, 6.07) is 3.87. The van der Waals surface area contributed by atoms with Crippen molar-refractivity contribution in [1.29, 1.82) is 0 Å². The highest BCUT2D eigenvalue weighted by Crippen LogP contribution is 2.36. The van der Waals surface area contributed by atoms with Crippen molar-refractivity contribution in [2.45, 2.75) is 65.1 Å². The number of rotatable bonds is 3. The van der Waals surface area contributed by atoms with Crippen LogP contribution < -0.4 is 5.46 Å². The lowest BCUT2D eigenvalue weighted by atomic mass is 9.78. The van der Waals surface area contributed by atoms with Gasteiger partial charge < -0.3 is 9.31 Å². The van der Waals surface area contributed by atoms with Crippen LogP contribution in [-0.4, -0.2) is 23.3 Å². The molecule has 0 N–H and O–H groups in total. The summed E-state index contributed by atoms with van der Waals surface area (Å²) in [5.41, 5.74) is 1.25. The number of hydrogen-bond donors (Lipinski definition) is 0. The molecule has 1 unspecified atom stereocenters. The van der Waals surface area contributed by atoms with Gasteiger partial charge in [0.05, 0.1) is 11.2 Å². The van der Waals surface area contributed by atoms with Crippen molar-refractivity contribution in [3.63, 3.8) is 0 Å². The van der Waals surface area contributed by atoms with Gasteiger partial charge in [-0.1, -0.05) is 25.4 Å². The maximum Gasteiger partial charge on any atom is 0.495 e. The van der Waals surface area contributed by atoms with E-state index in [9.17, 15) is 0 Å². The van der Waals surface area contributed by atoms with Gasteiger partial charge >= 0.3 is 7.12 Å². The highest BCUT2D eigenvalue weighted by Gasteiger charge is 2.51. The van der Waals surface area contributed by atoms with Crippen LogP contribution in [0.25, 0.3) is 0 Å². The van der Waals surface area contributed by atoms with Gasteiger partial charge in [-0.2, -0.15) is 0 Å². The minimum atomic E-state index is -0.386. The number of pyridine rings is 1. The average molecular weight is 296 g/mol. The highest BCUT2D eigenvalue weighted by molar-refractivity contribution is 6.62. The predicted octanol–water partition coefficient (Wildman–Crippen LogP) is 3.55. The van der Waals surface area contributed by atoms with Gasteiger partial charge in [0.15, 0.2) is 0 Å². The van der Waals surface area contributed by atoms with E-state index >= 15 is 0 Å². The second-order valence-electron chi connectivity index (χ2n) is 6.55. The average Bonchev–Trinajstić information content (AvgIpc) is 2.57. The van der Waals surface area contributed by atoms with Gasteiger partial charge in [0.2, 0.25) is 0 Å². The molecule has 0 saturated carbocycles. The Balaban J connectivity index is 2.33. The molecular weight excluding hydrogens is 272 g/mol. The Morgan fingerprint density at radius 1 is 1.20 bits per heavy atom. The second kappa shape index (κ2) is 5.32. The van der Waals surface area contributed by atoms with Crippen molar-refractivity contribution in [1.82, 2.24) is 4.98 Å². The molecule has 0 spiro atoms.